The molecule has 2 nitrogen and oxygen atoms in total. The molecule has 0 aliphatic heterocycles. The lowest BCUT2D eigenvalue weighted by Crippen LogP contribution is -2.38. The van der Waals surface area contributed by atoms with Gasteiger partial charge in [-0.25, -0.2) is 0 Å². The first-order valence-electron chi connectivity index (χ1n) is 5.67. The highest BCUT2D eigenvalue weighted by molar-refractivity contribution is 6.26. The number of rotatable bonds is 2. The summed E-state index contributed by atoms with van der Waals surface area (Å²) in [5.74, 6) is 0.402. The lowest BCUT2D eigenvalue weighted by molar-refractivity contribution is -0.153. The first-order chi connectivity index (χ1) is 6.91. The van der Waals surface area contributed by atoms with Gasteiger partial charge in [0.05, 0.1) is 0 Å². The molecule has 2 rings (SSSR count). The highest BCUT2D eigenvalue weighted by Crippen LogP contribution is 2.66. The maximum absolute atomic E-state index is 11.2. The summed E-state index contributed by atoms with van der Waals surface area (Å²) < 4.78 is 5.46. The summed E-state index contributed by atoms with van der Waals surface area (Å²) in [6.45, 7) is 6.87. The Balaban J connectivity index is 2.15. The Morgan fingerprint density at radius 2 is 2.13 bits per heavy atom. The Morgan fingerprint density at radius 1 is 1.47 bits per heavy atom. The van der Waals surface area contributed by atoms with E-state index in [9.17, 15) is 4.79 Å². The summed E-state index contributed by atoms with van der Waals surface area (Å²) in [5.41, 5.74) is 0.448. The molecule has 3 heteroatoms. The lowest BCUT2D eigenvalue weighted by atomic mass is 9.70. The van der Waals surface area contributed by atoms with Crippen molar-refractivity contribution in [3.8, 4) is 0 Å². The number of carbonyl (C=O) groups excluding carboxylic acids is 1. The molecule has 0 amide bonds. The minimum Gasteiger partial charge on any atom is -0.461 e. The van der Waals surface area contributed by atoms with Gasteiger partial charge >= 0.3 is 5.97 Å². The molecule has 0 aromatic heterocycles. The molecule has 0 radical (unpaired) electrons. The van der Waals surface area contributed by atoms with Gasteiger partial charge < -0.3 is 4.74 Å². The molecule has 0 aromatic rings. The van der Waals surface area contributed by atoms with Crippen molar-refractivity contribution in [2.24, 2.45) is 16.7 Å². The normalized spacial score (nSPS) is 41.9. The fourth-order valence-electron chi connectivity index (χ4n) is 3.50. The minimum absolute atomic E-state index is 0.0301. The maximum Gasteiger partial charge on any atom is 0.321 e. The highest BCUT2D eigenvalue weighted by atomic mass is 35.5. The molecule has 0 N–H and O–H groups in total. The van der Waals surface area contributed by atoms with Gasteiger partial charge in [-0.15, -0.1) is 11.6 Å². The van der Waals surface area contributed by atoms with Gasteiger partial charge in [0.15, 0.2) is 0 Å². The van der Waals surface area contributed by atoms with Gasteiger partial charge in [-0.3, -0.25) is 4.79 Å². The van der Waals surface area contributed by atoms with Crippen LogP contribution in [0.3, 0.4) is 0 Å². The summed E-state index contributed by atoms with van der Waals surface area (Å²) in [7, 11) is 0. The Hall–Kier alpha value is -0.240. The smallest absolute Gasteiger partial charge is 0.321 e. The summed E-state index contributed by atoms with van der Waals surface area (Å²) in [5, 5.41) is 0. The van der Waals surface area contributed by atoms with Crippen LogP contribution in [0.2, 0.25) is 0 Å². The van der Waals surface area contributed by atoms with Crippen LogP contribution in [-0.4, -0.2) is 18.0 Å². The molecule has 2 bridgehead atoms. The lowest BCUT2D eigenvalue weighted by Gasteiger charge is -2.38. The van der Waals surface area contributed by atoms with Gasteiger partial charge in [-0.1, -0.05) is 20.8 Å². The number of hydrogen-bond acceptors (Lipinski definition) is 2. The molecular weight excluding hydrogens is 212 g/mol. The molecule has 86 valence electrons. The third kappa shape index (κ3) is 1.41. The van der Waals surface area contributed by atoms with Crippen LogP contribution in [0.5, 0.6) is 0 Å². The quantitative estimate of drug-likeness (QED) is 0.539. The summed E-state index contributed by atoms with van der Waals surface area (Å²) in [6, 6.07) is 0. The van der Waals surface area contributed by atoms with Crippen molar-refractivity contribution in [2.75, 3.05) is 5.88 Å². The van der Waals surface area contributed by atoms with Crippen molar-refractivity contribution < 1.29 is 9.53 Å². The first-order valence-corrected chi connectivity index (χ1v) is 6.20. The molecule has 3 unspecified atom stereocenters. The highest BCUT2D eigenvalue weighted by Gasteiger charge is 2.62. The molecule has 2 aliphatic carbocycles. The molecule has 3 atom stereocenters. The van der Waals surface area contributed by atoms with E-state index >= 15 is 0 Å². The number of carbonyl (C=O) groups is 1. The number of halogens is 1. The second-order valence-corrected chi connectivity index (χ2v) is 5.99. The maximum atomic E-state index is 11.2. The molecule has 2 aliphatic rings. The van der Waals surface area contributed by atoms with Crippen molar-refractivity contribution in [3.05, 3.63) is 0 Å². The third-order valence-corrected chi connectivity index (χ3v) is 5.31. The van der Waals surface area contributed by atoms with E-state index in [1.807, 2.05) is 0 Å². The topological polar surface area (TPSA) is 26.3 Å². The van der Waals surface area contributed by atoms with Crippen molar-refractivity contribution >= 4 is 17.6 Å². The fourth-order valence-corrected chi connectivity index (χ4v) is 3.56. The SMILES string of the molecule is CC1(C)C2CCC1(C)C(OC(=O)CCl)C2. The Kier molecular flexibility index (Phi) is 2.53. The number of alkyl halides is 1. The average Bonchev–Trinajstić information content (AvgIpc) is 2.50. The molecular formula is C12H19ClO2. The fraction of sp³-hybridized carbons (Fsp3) is 0.917. The Morgan fingerprint density at radius 3 is 2.53 bits per heavy atom. The standard InChI is InChI=1S/C12H19ClO2/c1-11(2)8-4-5-12(11,3)9(6-8)15-10(14)7-13/h8-9H,4-7H2,1-3H3. The number of esters is 1. The van der Waals surface area contributed by atoms with E-state index < -0.39 is 0 Å². The number of ether oxygens (including phenoxy) is 1. The van der Waals surface area contributed by atoms with Gasteiger partial charge in [0, 0.05) is 5.41 Å². The summed E-state index contributed by atoms with van der Waals surface area (Å²) >= 11 is 5.47. The van der Waals surface area contributed by atoms with Crippen LogP contribution >= 0.6 is 11.6 Å². The van der Waals surface area contributed by atoms with E-state index in [-0.39, 0.29) is 23.4 Å². The second kappa shape index (κ2) is 3.38. The van der Waals surface area contributed by atoms with Gasteiger partial charge in [-0.2, -0.15) is 0 Å². The molecule has 0 aromatic carbocycles. The largest absolute Gasteiger partial charge is 0.461 e. The predicted molar refractivity (Wildman–Crippen MR) is 59.8 cm³/mol. The second-order valence-electron chi connectivity index (χ2n) is 5.72. The van der Waals surface area contributed by atoms with E-state index in [4.69, 9.17) is 16.3 Å². The summed E-state index contributed by atoms with van der Waals surface area (Å²) in [6.07, 6.45) is 3.55. The van der Waals surface area contributed by atoms with Crippen LogP contribution < -0.4 is 0 Å². The van der Waals surface area contributed by atoms with Crippen LogP contribution in [0.25, 0.3) is 0 Å². The zero-order valence-electron chi connectivity index (χ0n) is 9.68. The van der Waals surface area contributed by atoms with Crippen LogP contribution in [0.1, 0.15) is 40.0 Å². The molecule has 2 fully saturated rings. The number of fused-ring (bicyclic) bond motifs is 2. The summed E-state index contributed by atoms with van der Waals surface area (Å²) in [4.78, 5) is 11.2. The van der Waals surface area contributed by atoms with Crippen LogP contribution in [-0.2, 0) is 9.53 Å². The van der Waals surface area contributed by atoms with Crippen LogP contribution in [0.15, 0.2) is 0 Å². The van der Waals surface area contributed by atoms with E-state index in [1.54, 1.807) is 0 Å². The van der Waals surface area contributed by atoms with Crippen LogP contribution in [0, 0.1) is 16.7 Å². The zero-order chi connectivity index (χ0) is 11.3. The average molecular weight is 231 g/mol. The first kappa shape index (κ1) is 11.3. The minimum atomic E-state index is -0.272. The zero-order valence-corrected chi connectivity index (χ0v) is 10.4. The van der Waals surface area contributed by atoms with E-state index in [0.717, 1.165) is 6.42 Å². The predicted octanol–water partition coefficient (Wildman–Crippen LogP) is 2.98. The molecule has 0 spiro atoms. The van der Waals surface area contributed by atoms with Crippen LogP contribution in [0.4, 0.5) is 0 Å². The van der Waals surface area contributed by atoms with Crippen molar-refractivity contribution in [1.29, 1.82) is 0 Å². The molecule has 0 saturated heterocycles. The Bertz CT molecular complexity index is 287. The number of hydrogen-bond donors (Lipinski definition) is 0. The third-order valence-electron chi connectivity index (χ3n) is 5.10. The van der Waals surface area contributed by atoms with Gasteiger partial charge in [0.2, 0.25) is 0 Å². The molecule has 0 heterocycles. The van der Waals surface area contributed by atoms with E-state index in [1.165, 1.54) is 12.8 Å². The van der Waals surface area contributed by atoms with Crippen molar-refractivity contribution in [2.45, 2.75) is 46.1 Å². The van der Waals surface area contributed by atoms with Crippen molar-refractivity contribution in [3.63, 3.8) is 0 Å². The molecule has 15 heavy (non-hydrogen) atoms. The van der Waals surface area contributed by atoms with Gasteiger partial charge in [0.25, 0.3) is 0 Å². The van der Waals surface area contributed by atoms with Gasteiger partial charge in [-0.05, 0) is 30.6 Å². The van der Waals surface area contributed by atoms with Crippen molar-refractivity contribution in [1.82, 2.24) is 0 Å². The Labute approximate surface area is 96.3 Å². The van der Waals surface area contributed by atoms with Gasteiger partial charge in [0.1, 0.15) is 12.0 Å². The van der Waals surface area contributed by atoms with E-state index in [2.05, 4.69) is 20.8 Å². The van der Waals surface area contributed by atoms with E-state index in [0.29, 0.717) is 11.3 Å². The molecule has 2 saturated carbocycles. The monoisotopic (exact) mass is 230 g/mol.